The van der Waals surface area contributed by atoms with Gasteiger partial charge in [-0.15, -0.1) is 0 Å². The fourth-order valence-electron chi connectivity index (χ4n) is 8.36. The lowest BCUT2D eigenvalue weighted by Crippen LogP contribution is -2.58. The Bertz CT molecular complexity index is 1910. The van der Waals surface area contributed by atoms with Crippen molar-refractivity contribution in [1.82, 2.24) is 0 Å². The predicted octanol–water partition coefficient (Wildman–Crippen LogP) is 6.61. The monoisotopic (exact) mass is 889 g/mol. The molecule has 4 aliphatic rings. The summed E-state index contributed by atoms with van der Waals surface area (Å²) >= 11 is 0. The zero-order valence-corrected chi connectivity index (χ0v) is 39.6. The summed E-state index contributed by atoms with van der Waals surface area (Å²) in [4.78, 5) is 26.7. The van der Waals surface area contributed by atoms with E-state index >= 15 is 0 Å². The smallest absolute Gasteiger partial charge is 0.187 e. The molecule has 0 aromatic heterocycles. The number of ether oxygens (including phenoxy) is 4. The summed E-state index contributed by atoms with van der Waals surface area (Å²) in [5.41, 5.74) is 6.21. The molecule has 12 heteroatoms. The summed E-state index contributed by atoms with van der Waals surface area (Å²) in [6, 6.07) is 0. The van der Waals surface area contributed by atoms with Crippen LogP contribution in [0.5, 0.6) is 0 Å². The van der Waals surface area contributed by atoms with Crippen molar-refractivity contribution >= 4 is 11.6 Å². The first-order valence-electron chi connectivity index (χ1n) is 22.2. The molecule has 2 aliphatic carbocycles. The Morgan fingerprint density at radius 3 is 1.17 bits per heavy atom. The molecule has 0 radical (unpaired) electrons. The molecule has 2 fully saturated rings. The molecule has 64 heavy (non-hydrogen) atoms. The Labute approximate surface area is 379 Å². The lowest BCUT2D eigenvalue weighted by atomic mass is 9.71. The summed E-state index contributed by atoms with van der Waals surface area (Å²) in [5, 5.41) is 61.2. The van der Waals surface area contributed by atoms with Crippen LogP contribution in [-0.2, 0) is 28.5 Å². The van der Waals surface area contributed by atoms with Crippen LogP contribution in [0, 0.1) is 10.8 Å². The van der Waals surface area contributed by atoms with Crippen molar-refractivity contribution in [3.05, 3.63) is 130 Å². The summed E-state index contributed by atoms with van der Waals surface area (Å²) in [6.07, 6.45) is 14.6. The van der Waals surface area contributed by atoms with Gasteiger partial charge in [0.25, 0.3) is 0 Å². The molecule has 2 heterocycles. The maximum absolute atomic E-state index is 13.4. The Balaban J connectivity index is 1.29. The highest BCUT2D eigenvalue weighted by Crippen LogP contribution is 2.43. The molecule has 2 saturated heterocycles. The van der Waals surface area contributed by atoms with E-state index in [-0.39, 0.29) is 11.6 Å². The Morgan fingerprint density at radius 2 is 0.828 bits per heavy atom. The van der Waals surface area contributed by atoms with Gasteiger partial charge in [-0.3, -0.25) is 9.59 Å². The molecule has 12 atom stereocenters. The molecular weight excluding hydrogens is 817 g/mol. The van der Waals surface area contributed by atoms with Crippen molar-refractivity contribution in [3.8, 4) is 0 Å². The second kappa shape index (κ2) is 22.5. The zero-order valence-electron chi connectivity index (χ0n) is 39.6. The fourth-order valence-corrected chi connectivity index (χ4v) is 8.36. The van der Waals surface area contributed by atoms with E-state index in [9.17, 15) is 40.2 Å². The van der Waals surface area contributed by atoms with E-state index in [0.29, 0.717) is 24.0 Å². The second-order valence-electron chi connectivity index (χ2n) is 19.0. The average Bonchev–Trinajstić information content (AvgIpc) is 3.22. The number of rotatable bonds is 14. The van der Waals surface area contributed by atoms with Crippen molar-refractivity contribution in [1.29, 1.82) is 0 Å². The van der Waals surface area contributed by atoms with Gasteiger partial charge in [-0.25, -0.2) is 0 Å². The van der Waals surface area contributed by atoms with Gasteiger partial charge >= 0.3 is 0 Å². The number of aliphatic hydroxyl groups excluding tert-OH is 6. The van der Waals surface area contributed by atoms with Gasteiger partial charge in [-0.1, -0.05) is 135 Å². The van der Waals surface area contributed by atoms with E-state index in [0.717, 1.165) is 33.4 Å². The third-order valence-electron chi connectivity index (χ3n) is 12.5. The van der Waals surface area contributed by atoms with Crippen LogP contribution in [0.2, 0.25) is 0 Å². The minimum atomic E-state index is -1.48. The first kappa shape index (κ1) is 52.7. The van der Waals surface area contributed by atoms with E-state index in [1.165, 1.54) is 0 Å². The molecule has 2 aliphatic heterocycles. The molecule has 0 bridgehead atoms. The summed E-state index contributed by atoms with van der Waals surface area (Å²) < 4.78 is 23.0. The van der Waals surface area contributed by atoms with E-state index < -0.39 is 84.4 Å². The number of carbonyl (C=O) groups excluding carboxylic acids is 2. The van der Waals surface area contributed by atoms with E-state index in [1.54, 1.807) is 27.7 Å². The zero-order chi connectivity index (χ0) is 47.8. The van der Waals surface area contributed by atoms with Gasteiger partial charge in [0.1, 0.15) is 48.8 Å². The largest absolute Gasteiger partial charge is 0.388 e. The summed E-state index contributed by atoms with van der Waals surface area (Å²) in [6.45, 7) is 22.9. The quantitative estimate of drug-likeness (QED) is 0.103. The molecule has 6 N–H and O–H groups in total. The molecule has 4 rings (SSSR count). The second-order valence-corrected chi connectivity index (χ2v) is 19.0. The van der Waals surface area contributed by atoms with Crippen molar-refractivity contribution < 1.29 is 59.2 Å². The minimum absolute atomic E-state index is 0.206. The highest BCUT2D eigenvalue weighted by atomic mass is 16.7. The van der Waals surface area contributed by atoms with Crippen molar-refractivity contribution in [3.63, 3.8) is 0 Å². The van der Waals surface area contributed by atoms with Gasteiger partial charge in [0.05, 0.1) is 12.2 Å². The van der Waals surface area contributed by atoms with Crippen LogP contribution in [0.15, 0.2) is 130 Å². The molecule has 0 spiro atoms. The molecular formula is C52H72O12. The van der Waals surface area contributed by atoms with Gasteiger partial charge in [0, 0.05) is 0 Å². The minimum Gasteiger partial charge on any atom is -0.388 e. The molecule has 352 valence electrons. The van der Waals surface area contributed by atoms with Gasteiger partial charge in [-0.2, -0.15) is 0 Å². The van der Waals surface area contributed by atoms with E-state index in [1.807, 2.05) is 140 Å². The van der Waals surface area contributed by atoms with Crippen molar-refractivity contribution in [2.45, 2.75) is 170 Å². The van der Waals surface area contributed by atoms with E-state index in [2.05, 4.69) is 0 Å². The third kappa shape index (κ3) is 13.3. The predicted molar refractivity (Wildman–Crippen MR) is 247 cm³/mol. The lowest BCUT2D eigenvalue weighted by Gasteiger charge is -2.42. The highest BCUT2D eigenvalue weighted by Gasteiger charge is 2.48. The number of hydrogen-bond donors (Lipinski definition) is 6. The van der Waals surface area contributed by atoms with Crippen LogP contribution in [0.1, 0.15) is 95.9 Å². The van der Waals surface area contributed by atoms with Gasteiger partial charge < -0.3 is 49.6 Å². The van der Waals surface area contributed by atoms with Crippen molar-refractivity contribution in [2.75, 3.05) is 0 Å². The SMILES string of the molecule is CC1=C(/C=C/C(C)=C/C=C/C(C)=C/C=C/C=C(C)/C=C/C=C(C)/C=C/C2=C(C)C(=O)[C@@H](OC3OC(C)C(O)C(O)C3O)CC2(C)C)C(C)(C)C[C@H](OC2OC(C)C(O)C(O)C2O)C1=O. The molecule has 0 aromatic rings. The van der Waals surface area contributed by atoms with Crippen LogP contribution in [-0.4, -0.2) is 116 Å². The highest BCUT2D eigenvalue weighted by molar-refractivity contribution is 6.01. The van der Waals surface area contributed by atoms with Gasteiger partial charge in [0.2, 0.25) is 0 Å². The number of aliphatic hydroxyl groups is 6. The van der Waals surface area contributed by atoms with Crippen LogP contribution in [0.4, 0.5) is 0 Å². The number of ketones is 2. The Kier molecular flexibility index (Phi) is 18.5. The third-order valence-corrected chi connectivity index (χ3v) is 12.5. The number of carbonyl (C=O) groups is 2. The fraction of sp³-hybridized carbons (Fsp3) is 0.538. The Morgan fingerprint density at radius 1 is 0.516 bits per heavy atom. The molecule has 12 nitrogen and oxygen atoms in total. The normalized spacial score (nSPS) is 35.2. The number of Topliss-reactive ketones (excluding diaryl/α,β-unsaturated/α-hetero) is 2. The standard InChI is InChI=1S/C52H72O12/c1-29(19-15-21-31(3)23-25-37-33(5)41(53)39(27-51(37,9)10)63-49-47(59)45(57)43(55)35(7)61-49)17-13-14-18-30(2)20-16-22-32(4)24-26-38-34(6)42(54)40(28-52(38,11)12)64-50-48(60)46(58)44(56)36(8)62-50/h13-26,35-36,39-40,43-50,55-60H,27-28H2,1-12H3/b14-13+,19-15+,20-16+,25-23+,26-24+,29-17+,30-18+,31-21+,32-22+/t35?,36?,39-,40-,43?,44?,45?,46?,47?,48?,49?,50?/m0/s1. The summed E-state index contributed by atoms with van der Waals surface area (Å²) in [7, 11) is 0. The van der Waals surface area contributed by atoms with Crippen LogP contribution in [0.3, 0.4) is 0 Å². The first-order chi connectivity index (χ1) is 29.9. The first-order valence-corrected chi connectivity index (χ1v) is 22.2. The molecule has 0 aromatic carbocycles. The Hall–Kier alpha value is -3.92. The lowest BCUT2D eigenvalue weighted by molar-refractivity contribution is -0.302. The van der Waals surface area contributed by atoms with Gasteiger partial charge in [-0.05, 0) is 101 Å². The van der Waals surface area contributed by atoms with Crippen LogP contribution < -0.4 is 0 Å². The topological polar surface area (TPSA) is 192 Å². The number of allylic oxidation sites excluding steroid dienone is 20. The molecule has 0 amide bonds. The van der Waals surface area contributed by atoms with Crippen LogP contribution in [0.25, 0.3) is 0 Å². The maximum atomic E-state index is 13.4. The average molecular weight is 889 g/mol. The van der Waals surface area contributed by atoms with E-state index in [4.69, 9.17) is 18.9 Å². The number of hydrogen-bond acceptors (Lipinski definition) is 12. The molecule has 10 unspecified atom stereocenters. The van der Waals surface area contributed by atoms with Crippen molar-refractivity contribution in [2.24, 2.45) is 10.8 Å². The molecule has 0 saturated carbocycles. The maximum Gasteiger partial charge on any atom is 0.187 e. The summed E-state index contributed by atoms with van der Waals surface area (Å²) in [5.74, 6) is -0.411. The van der Waals surface area contributed by atoms with Crippen LogP contribution >= 0.6 is 0 Å². The van der Waals surface area contributed by atoms with Gasteiger partial charge in [0.15, 0.2) is 24.1 Å².